The van der Waals surface area contributed by atoms with E-state index in [2.05, 4.69) is 5.32 Å². The summed E-state index contributed by atoms with van der Waals surface area (Å²) in [5.41, 5.74) is 0.722. The predicted molar refractivity (Wildman–Crippen MR) is 81.3 cm³/mol. The third kappa shape index (κ3) is 4.26. The van der Waals surface area contributed by atoms with Crippen molar-refractivity contribution in [3.8, 4) is 0 Å². The van der Waals surface area contributed by atoms with Crippen LogP contribution in [-0.4, -0.2) is 31.0 Å². The second kappa shape index (κ2) is 7.17. The van der Waals surface area contributed by atoms with Crippen molar-refractivity contribution >= 4 is 17.3 Å². The van der Waals surface area contributed by atoms with E-state index in [1.807, 2.05) is 0 Å². The molecule has 0 spiro atoms. The monoisotopic (exact) mass is 291 g/mol. The van der Waals surface area contributed by atoms with Crippen molar-refractivity contribution in [1.82, 2.24) is 5.32 Å². The van der Waals surface area contributed by atoms with Gasteiger partial charge in [-0.05, 0) is 50.4 Å². The van der Waals surface area contributed by atoms with Gasteiger partial charge in [0.1, 0.15) is 0 Å². The van der Waals surface area contributed by atoms with Gasteiger partial charge in [0.05, 0.1) is 4.92 Å². The molecule has 6 heteroatoms. The Labute approximate surface area is 124 Å². The van der Waals surface area contributed by atoms with E-state index in [9.17, 15) is 14.9 Å². The zero-order valence-electron chi connectivity index (χ0n) is 12.2. The lowest BCUT2D eigenvalue weighted by atomic mass is 9.94. The highest BCUT2D eigenvalue weighted by Crippen LogP contribution is 2.21. The number of nitrogens with one attached hydrogen (secondary N) is 1. The molecule has 0 aromatic heterocycles. The zero-order chi connectivity index (χ0) is 15.2. The molecule has 1 saturated heterocycles. The molecular weight excluding hydrogens is 270 g/mol. The molecule has 1 aliphatic rings. The van der Waals surface area contributed by atoms with Crippen LogP contribution in [-0.2, 0) is 4.79 Å². The highest BCUT2D eigenvalue weighted by molar-refractivity contribution is 5.92. The molecule has 0 aliphatic carbocycles. The van der Waals surface area contributed by atoms with Crippen molar-refractivity contribution in [3.05, 3.63) is 34.4 Å². The first kappa shape index (κ1) is 15.4. The fourth-order valence-electron chi connectivity index (χ4n) is 2.61. The van der Waals surface area contributed by atoms with Crippen LogP contribution >= 0.6 is 0 Å². The van der Waals surface area contributed by atoms with E-state index in [4.69, 9.17) is 0 Å². The first-order valence-electron chi connectivity index (χ1n) is 7.29. The summed E-state index contributed by atoms with van der Waals surface area (Å²) < 4.78 is 0. The van der Waals surface area contributed by atoms with Crippen molar-refractivity contribution in [2.24, 2.45) is 5.92 Å². The predicted octanol–water partition coefficient (Wildman–Crippen LogP) is 2.34. The Kier molecular flexibility index (Phi) is 5.27. The summed E-state index contributed by atoms with van der Waals surface area (Å²) >= 11 is 0. The van der Waals surface area contributed by atoms with Gasteiger partial charge >= 0.3 is 0 Å². The van der Waals surface area contributed by atoms with Crippen LogP contribution in [0.4, 0.5) is 11.4 Å². The number of carbonyl (C=O) groups is 1. The molecule has 6 nitrogen and oxygen atoms in total. The van der Waals surface area contributed by atoms with Crippen molar-refractivity contribution in [2.75, 3.05) is 25.0 Å². The number of non-ortho nitro benzene ring substituents is 1. The number of nitro benzene ring substituents is 1. The van der Waals surface area contributed by atoms with E-state index in [1.54, 1.807) is 24.1 Å². The van der Waals surface area contributed by atoms with Crippen molar-refractivity contribution < 1.29 is 9.72 Å². The molecule has 1 heterocycles. The Morgan fingerprint density at radius 2 is 2.14 bits per heavy atom. The molecule has 1 aromatic rings. The molecule has 1 atom stereocenters. The minimum atomic E-state index is -0.443. The third-order valence-electron chi connectivity index (χ3n) is 3.99. The van der Waals surface area contributed by atoms with E-state index < -0.39 is 4.92 Å². The number of anilines is 1. The summed E-state index contributed by atoms with van der Waals surface area (Å²) in [5.74, 6) is 0.627. The Balaban J connectivity index is 1.87. The Bertz CT molecular complexity index is 495. The Morgan fingerprint density at radius 1 is 1.43 bits per heavy atom. The maximum absolute atomic E-state index is 12.2. The standard InChI is InChI=1S/C15H21N3O3/c1-17(13-5-7-14(8-6-13)18(20)21)15(19)9-4-12-3-2-10-16-11-12/h5-8,12,16H,2-4,9-11H2,1H3. The molecule has 1 N–H and O–H groups in total. The maximum Gasteiger partial charge on any atom is 0.269 e. The fraction of sp³-hybridized carbons (Fsp3) is 0.533. The van der Waals surface area contributed by atoms with Gasteiger partial charge in [-0.15, -0.1) is 0 Å². The molecule has 0 saturated carbocycles. The van der Waals surface area contributed by atoms with E-state index in [0.29, 0.717) is 18.0 Å². The van der Waals surface area contributed by atoms with Crippen molar-refractivity contribution in [1.29, 1.82) is 0 Å². The largest absolute Gasteiger partial charge is 0.316 e. The lowest BCUT2D eigenvalue weighted by molar-refractivity contribution is -0.384. The first-order valence-corrected chi connectivity index (χ1v) is 7.29. The first-order chi connectivity index (χ1) is 10.1. The van der Waals surface area contributed by atoms with Crippen LogP contribution in [0.3, 0.4) is 0 Å². The SMILES string of the molecule is CN(C(=O)CCC1CCCNC1)c1ccc([N+](=O)[O-])cc1. The molecule has 1 aromatic carbocycles. The number of piperidine rings is 1. The van der Waals surface area contributed by atoms with Gasteiger partial charge in [0.2, 0.25) is 5.91 Å². The lowest BCUT2D eigenvalue weighted by Crippen LogP contribution is -2.31. The number of nitrogens with zero attached hydrogens (tertiary/aromatic N) is 2. The van der Waals surface area contributed by atoms with Crippen LogP contribution in [0.1, 0.15) is 25.7 Å². The minimum Gasteiger partial charge on any atom is -0.316 e. The zero-order valence-corrected chi connectivity index (χ0v) is 12.2. The van der Waals surface area contributed by atoms with E-state index >= 15 is 0 Å². The van der Waals surface area contributed by atoms with E-state index in [0.717, 1.165) is 19.5 Å². The average Bonchev–Trinajstić information content (AvgIpc) is 2.53. The maximum atomic E-state index is 12.2. The number of benzene rings is 1. The molecule has 114 valence electrons. The summed E-state index contributed by atoms with van der Waals surface area (Å²) in [6.45, 7) is 2.07. The van der Waals surface area contributed by atoms with Gasteiger partial charge in [-0.1, -0.05) is 0 Å². The van der Waals surface area contributed by atoms with Gasteiger partial charge in [0, 0.05) is 31.3 Å². The number of hydrogen-bond donors (Lipinski definition) is 1. The van der Waals surface area contributed by atoms with Gasteiger partial charge in [0.25, 0.3) is 5.69 Å². The summed E-state index contributed by atoms with van der Waals surface area (Å²) in [5, 5.41) is 14.0. The summed E-state index contributed by atoms with van der Waals surface area (Å²) in [7, 11) is 1.71. The molecular formula is C15H21N3O3. The molecule has 1 fully saturated rings. The van der Waals surface area contributed by atoms with Gasteiger partial charge in [0.15, 0.2) is 0 Å². The smallest absolute Gasteiger partial charge is 0.269 e. The Hall–Kier alpha value is -1.95. The van der Waals surface area contributed by atoms with Crippen molar-refractivity contribution in [2.45, 2.75) is 25.7 Å². The minimum absolute atomic E-state index is 0.0351. The fourth-order valence-corrected chi connectivity index (χ4v) is 2.61. The summed E-state index contributed by atoms with van der Waals surface area (Å²) in [4.78, 5) is 23.9. The number of rotatable bonds is 5. The average molecular weight is 291 g/mol. The van der Waals surface area contributed by atoms with Crippen LogP contribution < -0.4 is 10.2 Å². The summed E-state index contributed by atoms with van der Waals surface area (Å²) in [6.07, 6.45) is 3.77. The summed E-state index contributed by atoms with van der Waals surface area (Å²) in [6, 6.07) is 6.06. The molecule has 2 rings (SSSR count). The van der Waals surface area contributed by atoms with Crippen LogP contribution in [0.5, 0.6) is 0 Å². The molecule has 1 aliphatic heterocycles. The molecule has 1 amide bonds. The lowest BCUT2D eigenvalue weighted by Gasteiger charge is -2.23. The second-order valence-corrected chi connectivity index (χ2v) is 5.48. The normalized spacial score (nSPS) is 18.2. The van der Waals surface area contributed by atoms with E-state index in [1.165, 1.54) is 25.0 Å². The molecule has 21 heavy (non-hydrogen) atoms. The van der Waals surface area contributed by atoms with Gasteiger partial charge in [-0.2, -0.15) is 0 Å². The van der Waals surface area contributed by atoms with Crippen LogP contribution in [0.15, 0.2) is 24.3 Å². The number of amides is 1. The second-order valence-electron chi connectivity index (χ2n) is 5.48. The third-order valence-corrected chi connectivity index (χ3v) is 3.99. The quantitative estimate of drug-likeness (QED) is 0.667. The number of hydrogen-bond acceptors (Lipinski definition) is 4. The van der Waals surface area contributed by atoms with Crippen LogP contribution in [0.25, 0.3) is 0 Å². The molecule has 0 radical (unpaired) electrons. The molecule has 1 unspecified atom stereocenters. The van der Waals surface area contributed by atoms with Gasteiger partial charge < -0.3 is 10.2 Å². The highest BCUT2D eigenvalue weighted by Gasteiger charge is 2.17. The van der Waals surface area contributed by atoms with Crippen LogP contribution in [0.2, 0.25) is 0 Å². The Morgan fingerprint density at radius 3 is 2.71 bits per heavy atom. The van der Waals surface area contributed by atoms with Gasteiger partial charge in [-0.25, -0.2) is 0 Å². The van der Waals surface area contributed by atoms with Crippen molar-refractivity contribution in [3.63, 3.8) is 0 Å². The van der Waals surface area contributed by atoms with Crippen LogP contribution in [0, 0.1) is 16.0 Å². The molecule has 0 bridgehead atoms. The number of carbonyl (C=O) groups excluding carboxylic acids is 1. The highest BCUT2D eigenvalue weighted by atomic mass is 16.6. The van der Waals surface area contributed by atoms with E-state index in [-0.39, 0.29) is 11.6 Å². The number of nitro groups is 1. The topological polar surface area (TPSA) is 75.5 Å². The van der Waals surface area contributed by atoms with Gasteiger partial charge in [-0.3, -0.25) is 14.9 Å².